The number of anilines is 1. The van der Waals surface area contributed by atoms with Gasteiger partial charge in [0.2, 0.25) is 0 Å². The molecule has 6 nitrogen and oxygen atoms in total. The number of aromatic carboxylic acids is 1. The number of rotatable bonds is 3. The van der Waals surface area contributed by atoms with Crippen molar-refractivity contribution in [2.75, 3.05) is 11.4 Å². The van der Waals surface area contributed by atoms with E-state index in [1.807, 2.05) is 51.1 Å². The number of hydrogen-bond donors (Lipinski definition) is 1. The Morgan fingerprint density at radius 3 is 2.61 bits per heavy atom. The highest BCUT2D eigenvalue weighted by Crippen LogP contribution is 2.31. The quantitative estimate of drug-likeness (QED) is 0.618. The number of aromatic nitrogens is 1. The summed E-state index contributed by atoms with van der Waals surface area (Å²) in [5, 5.41) is 10.2. The van der Waals surface area contributed by atoms with Crippen LogP contribution in [0.25, 0.3) is 23.1 Å². The maximum Gasteiger partial charge on any atom is 0.414 e. The fourth-order valence-corrected chi connectivity index (χ4v) is 3.67. The first-order valence-electron chi connectivity index (χ1n) is 10.2. The summed E-state index contributed by atoms with van der Waals surface area (Å²) in [6.07, 6.45) is 4.13. The lowest BCUT2D eigenvalue weighted by atomic mass is 10.1. The largest absolute Gasteiger partial charge is 0.478 e. The number of carbonyl (C=O) groups is 2. The van der Waals surface area contributed by atoms with Gasteiger partial charge in [0.15, 0.2) is 0 Å². The van der Waals surface area contributed by atoms with Crippen molar-refractivity contribution < 1.29 is 19.4 Å². The average Bonchev–Trinajstić information content (AvgIpc) is 3.13. The molecule has 1 aliphatic rings. The lowest BCUT2D eigenvalue weighted by Gasteiger charge is -2.24. The monoisotopic (exact) mass is 416 g/mol. The summed E-state index contributed by atoms with van der Waals surface area (Å²) in [7, 11) is 0. The molecule has 1 N–H and O–H groups in total. The van der Waals surface area contributed by atoms with Crippen LogP contribution in [-0.2, 0) is 11.2 Å². The molecule has 0 saturated carbocycles. The molecule has 31 heavy (non-hydrogen) atoms. The van der Waals surface area contributed by atoms with Crippen molar-refractivity contribution in [3.63, 3.8) is 0 Å². The second kappa shape index (κ2) is 7.87. The van der Waals surface area contributed by atoms with Crippen molar-refractivity contribution in [1.29, 1.82) is 0 Å². The highest BCUT2D eigenvalue weighted by molar-refractivity contribution is 6.03. The topological polar surface area (TPSA) is 79.7 Å². The Hall–Kier alpha value is -3.67. The van der Waals surface area contributed by atoms with Gasteiger partial charge in [-0.25, -0.2) is 14.6 Å². The molecular weight excluding hydrogens is 392 g/mol. The maximum atomic E-state index is 12.4. The summed E-state index contributed by atoms with van der Waals surface area (Å²) in [5.41, 5.74) is 3.80. The fourth-order valence-electron chi connectivity index (χ4n) is 3.67. The van der Waals surface area contributed by atoms with Crippen LogP contribution in [0.5, 0.6) is 0 Å². The molecule has 1 amide bonds. The number of fused-ring (bicyclic) bond motifs is 2. The summed E-state index contributed by atoms with van der Waals surface area (Å²) >= 11 is 0. The van der Waals surface area contributed by atoms with Crippen LogP contribution in [0.1, 0.15) is 48.0 Å². The molecule has 0 bridgehead atoms. The third-order valence-corrected chi connectivity index (χ3v) is 5.03. The zero-order valence-corrected chi connectivity index (χ0v) is 17.8. The number of hydrogen-bond acceptors (Lipinski definition) is 4. The Balaban J connectivity index is 1.59. The van der Waals surface area contributed by atoms with Crippen LogP contribution >= 0.6 is 0 Å². The van der Waals surface area contributed by atoms with Gasteiger partial charge >= 0.3 is 12.1 Å². The van der Waals surface area contributed by atoms with Crippen molar-refractivity contribution in [2.24, 2.45) is 0 Å². The molecule has 2 aromatic carbocycles. The predicted molar refractivity (Wildman–Crippen MR) is 121 cm³/mol. The SMILES string of the molecule is CC(C)(C)OC(=O)N1CCc2cc(/C=C/c3cc(C(=O)O)c4ccccc4n3)ccc21. The van der Waals surface area contributed by atoms with E-state index in [9.17, 15) is 14.7 Å². The van der Waals surface area contributed by atoms with Gasteiger partial charge in [0.05, 0.1) is 22.5 Å². The van der Waals surface area contributed by atoms with Gasteiger partial charge in [0.1, 0.15) is 5.60 Å². The molecule has 3 aromatic rings. The summed E-state index contributed by atoms with van der Waals surface area (Å²) in [6, 6.07) is 14.7. The van der Waals surface area contributed by atoms with Gasteiger partial charge < -0.3 is 9.84 Å². The van der Waals surface area contributed by atoms with Gasteiger partial charge in [-0.15, -0.1) is 0 Å². The first-order chi connectivity index (χ1) is 14.7. The standard InChI is InChI=1S/C25H24N2O4/c1-25(2,3)31-24(30)27-13-12-17-14-16(9-11-22(17)27)8-10-18-15-20(23(28)29)19-6-4-5-7-21(19)26-18/h4-11,14-15H,12-13H2,1-3H3,(H,28,29)/b10-8+. The van der Waals surface area contributed by atoms with Crippen molar-refractivity contribution in [1.82, 2.24) is 4.98 Å². The Labute approximate surface area is 180 Å². The van der Waals surface area contributed by atoms with Crippen LogP contribution in [0.3, 0.4) is 0 Å². The van der Waals surface area contributed by atoms with E-state index in [1.165, 1.54) is 0 Å². The average molecular weight is 416 g/mol. The van der Waals surface area contributed by atoms with Crippen molar-refractivity contribution >= 4 is 40.8 Å². The number of carboxylic acid groups (broad SMARTS) is 1. The molecule has 0 radical (unpaired) electrons. The van der Waals surface area contributed by atoms with E-state index in [0.29, 0.717) is 23.1 Å². The number of nitrogens with zero attached hydrogens (tertiary/aromatic N) is 2. The van der Waals surface area contributed by atoms with E-state index in [2.05, 4.69) is 4.98 Å². The Bertz CT molecular complexity index is 1210. The normalized spacial score (nSPS) is 13.6. The van der Waals surface area contributed by atoms with E-state index in [4.69, 9.17) is 4.74 Å². The van der Waals surface area contributed by atoms with E-state index < -0.39 is 11.6 Å². The summed E-state index contributed by atoms with van der Waals surface area (Å²) in [4.78, 5) is 30.3. The molecule has 1 aliphatic heterocycles. The second-order valence-corrected chi connectivity index (χ2v) is 8.52. The lowest BCUT2D eigenvalue weighted by molar-refractivity contribution is 0.0583. The second-order valence-electron chi connectivity index (χ2n) is 8.52. The zero-order chi connectivity index (χ0) is 22.2. The minimum atomic E-state index is -0.979. The van der Waals surface area contributed by atoms with Gasteiger partial charge in [-0.2, -0.15) is 0 Å². The fraction of sp³-hybridized carbons (Fsp3) is 0.240. The molecule has 2 heterocycles. The minimum absolute atomic E-state index is 0.229. The van der Waals surface area contributed by atoms with Crippen LogP contribution in [0.4, 0.5) is 10.5 Å². The summed E-state index contributed by atoms with van der Waals surface area (Å²) < 4.78 is 5.50. The van der Waals surface area contributed by atoms with E-state index in [1.54, 1.807) is 35.2 Å². The Kier molecular flexibility index (Phi) is 5.23. The number of amides is 1. The third kappa shape index (κ3) is 4.43. The molecule has 0 aliphatic carbocycles. The van der Waals surface area contributed by atoms with Crippen LogP contribution in [0, 0.1) is 0 Å². The zero-order valence-electron chi connectivity index (χ0n) is 17.8. The maximum absolute atomic E-state index is 12.4. The van der Waals surface area contributed by atoms with E-state index >= 15 is 0 Å². The summed E-state index contributed by atoms with van der Waals surface area (Å²) in [6.45, 7) is 6.15. The van der Waals surface area contributed by atoms with Crippen molar-refractivity contribution in [2.45, 2.75) is 32.8 Å². The number of pyridine rings is 1. The van der Waals surface area contributed by atoms with Crippen LogP contribution in [-0.4, -0.2) is 34.3 Å². The third-order valence-electron chi connectivity index (χ3n) is 5.03. The van der Waals surface area contributed by atoms with Crippen LogP contribution in [0.2, 0.25) is 0 Å². The van der Waals surface area contributed by atoms with E-state index in [0.717, 1.165) is 23.2 Å². The number of carboxylic acids is 1. The first kappa shape index (κ1) is 20.6. The molecule has 0 fully saturated rings. The molecule has 0 saturated heterocycles. The lowest BCUT2D eigenvalue weighted by Crippen LogP contribution is -2.35. The van der Waals surface area contributed by atoms with E-state index in [-0.39, 0.29) is 11.7 Å². The van der Waals surface area contributed by atoms with Gasteiger partial charge in [-0.05, 0) is 68.7 Å². The Morgan fingerprint density at radius 2 is 1.87 bits per heavy atom. The smallest absolute Gasteiger partial charge is 0.414 e. The summed E-state index contributed by atoms with van der Waals surface area (Å²) in [5.74, 6) is -0.979. The molecular formula is C25H24N2O4. The first-order valence-corrected chi connectivity index (χ1v) is 10.2. The molecule has 1 aromatic heterocycles. The van der Waals surface area contributed by atoms with Crippen LogP contribution in [0.15, 0.2) is 48.5 Å². The predicted octanol–water partition coefficient (Wildman–Crippen LogP) is 5.40. The molecule has 0 spiro atoms. The molecule has 0 atom stereocenters. The molecule has 6 heteroatoms. The number of benzene rings is 2. The number of ether oxygens (including phenoxy) is 1. The molecule has 4 rings (SSSR count). The minimum Gasteiger partial charge on any atom is -0.478 e. The van der Waals surface area contributed by atoms with Crippen molar-refractivity contribution in [3.05, 3.63) is 70.9 Å². The molecule has 0 unspecified atom stereocenters. The highest BCUT2D eigenvalue weighted by atomic mass is 16.6. The highest BCUT2D eigenvalue weighted by Gasteiger charge is 2.28. The van der Waals surface area contributed by atoms with Gasteiger partial charge in [0, 0.05) is 11.9 Å². The van der Waals surface area contributed by atoms with Gasteiger partial charge in [0.25, 0.3) is 0 Å². The number of para-hydroxylation sites is 1. The van der Waals surface area contributed by atoms with Crippen LogP contribution < -0.4 is 4.90 Å². The Morgan fingerprint density at radius 1 is 1.10 bits per heavy atom. The molecule has 158 valence electrons. The number of carbonyl (C=O) groups excluding carboxylic acids is 1. The van der Waals surface area contributed by atoms with Gasteiger partial charge in [-0.3, -0.25) is 4.90 Å². The van der Waals surface area contributed by atoms with Crippen molar-refractivity contribution in [3.8, 4) is 0 Å². The van der Waals surface area contributed by atoms with Gasteiger partial charge in [-0.1, -0.05) is 30.3 Å².